The highest BCUT2D eigenvalue weighted by Crippen LogP contribution is 2.36. The average Bonchev–Trinajstić information content (AvgIpc) is 3.27. The van der Waals surface area contributed by atoms with E-state index in [2.05, 4.69) is 21.9 Å². The van der Waals surface area contributed by atoms with Crippen LogP contribution in [0.3, 0.4) is 0 Å². The van der Waals surface area contributed by atoms with Crippen molar-refractivity contribution in [2.24, 2.45) is 11.8 Å². The largest absolute Gasteiger partial charge is 0.454 e. The molecule has 31 heavy (non-hydrogen) atoms. The maximum Gasteiger partial charge on any atom is 0.231 e. The van der Waals surface area contributed by atoms with E-state index in [0.717, 1.165) is 62.4 Å². The molecule has 1 aromatic carbocycles. The summed E-state index contributed by atoms with van der Waals surface area (Å²) in [6, 6.07) is 8.22. The Hall–Kier alpha value is -2.26. The molecule has 1 aromatic rings. The van der Waals surface area contributed by atoms with Crippen LogP contribution in [0.25, 0.3) is 0 Å². The number of nitriles is 1. The minimum absolute atomic E-state index is 0.0810. The third-order valence-electron chi connectivity index (χ3n) is 7.26. The lowest BCUT2D eigenvalue weighted by molar-refractivity contribution is -0.118. The molecule has 0 unspecified atom stereocenters. The summed E-state index contributed by atoms with van der Waals surface area (Å²) in [5.74, 6) is 3.48. The molecule has 2 aliphatic heterocycles. The second kappa shape index (κ2) is 10.9. The number of rotatable bonds is 9. The molecule has 2 heterocycles. The van der Waals surface area contributed by atoms with E-state index >= 15 is 0 Å². The fourth-order valence-electron chi connectivity index (χ4n) is 5.25. The zero-order valence-corrected chi connectivity index (χ0v) is 18.6. The highest BCUT2D eigenvalue weighted by molar-refractivity contribution is 5.80. The molecule has 6 heteroatoms. The summed E-state index contributed by atoms with van der Waals surface area (Å²) in [7, 11) is 0. The Morgan fingerprint density at radius 2 is 1.71 bits per heavy atom. The van der Waals surface area contributed by atoms with Crippen molar-refractivity contribution in [2.75, 3.05) is 44.4 Å². The van der Waals surface area contributed by atoms with Crippen LogP contribution in [0, 0.1) is 23.2 Å². The van der Waals surface area contributed by atoms with Crippen molar-refractivity contribution >= 4 is 11.5 Å². The van der Waals surface area contributed by atoms with Gasteiger partial charge in [-0.3, -0.25) is 9.69 Å². The number of nitrogens with zero attached hydrogens (tertiary/aromatic N) is 3. The van der Waals surface area contributed by atoms with Crippen LogP contribution in [0.15, 0.2) is 18.2 Å². The molecule has 4 rings (SSSR count). The van der Waals surface area contributed by atoms with E-state index in [1.165, 1.54) is 44.3 Å². The van der Waals surface area contributed by atoms with Gasteiger partial charge in [-0.25, -0.2) is 0 Å². The first kappa shape index (κ1) is 22.0. The highest BCUT2D eigenvalue weighted by Gasteiger charge is 2.24. The Morgan fingerprint density at radius 3 is 2.45 bits per heavy atom. The van der Waals surface area contributed by atoms with Crippen LogP contribution in [-0.2, 0) is 4.79 Å². The standard InChI is InChI=1S/C25H35N3O3/c26-12-10-23(29)3-1-2-20-4-6-21(7-5-20)11-13-27-14-16-28(17-15-27)22-8-9-24-25(18-22)31-19-30-24/h8-9,18,20-21H,1-7,10-11,13-17,19H2. The zero-order valence-electron chi connectivity index (χ0n) is 18.6. The lowest BCUT2D eigenvalue weighted by atomic mass is 9.78. The van der Waals surface area contributed by atoms with Gasteiger partial charge in [-0.2, -0.15) is 5.26 Å². The van der Waals surface area contributed by atoms with Gasteiger partial charge in [0.1, 0.15) is 5.78 Å². The molecule has 1 saturated heterocycles. The summed E-state index contributed by atoms with van der Waals surface area (Å²) in [5, 5.41) is 8.57. The van der Waals surface area contributed by atoms with Gasteiger partial charge in [0.25, 0.3) is 0 Å². The molecule has 6 nitrogen and oxygen atoms in total. The smallest absolute Gasteiger partial charge is 0.231 e. The first-order valence-corrected chi connectivity index (χ1v) is 12.0. The first-order chi connectivity index (χ1) is 15.2. The molecule has 168 valence electrons. The topological polar surface area (TPSA) is 65.8 Å². The third kappa shape index (κ3) is 6.13. The first-order valence-electron chi connectivity index (χ1n) is 12.0. The monoisotopic (exact) mass is 425 g/mol. The number of piperazine rings is 1. The molecule has 3 aliphatic rings. The molecule has 1 aliphatic carbocycles. The van der Waals surface area contributed by atoms with Crippen LogP contribution in [-0.4, -0.2) is 50.2 Å². The molecular formula is C25H35N3O3. The Bertz CT molecular complexity index is 775. The summed E-state index contributed by atoms with van der Waals surface area (Å²) in [5.41, 5.74) is 1.23. The Labute approximate surface area is 186 Å². The van der Waals surface area contributed by atoms with E-state index in [4.69, 9.17) is 14.7 Å². The summed E-state index contributed by atoms with van der Waals surface area (Å²) in [6.45, 7) is 5.93. The van der Waals surface area contributed by atoms with E-state index in [-0.39, 0.29) is 12.2 Å². The SMILES string of the molecule is N#CCC(=O)CCCC1CCC(CCN2CCN(c3ccc4c(c3)OCO4)CC2)CC1. The minimum Gasteiger partial charge on any atom is -0.454 e. The summed E-state index contributed by atoms with van der Waals surface area (Å²) >= 11 is 0. The van der Waals surface area contributed by atoms with Gasteiger partial charge in [-0.1, -0.05) is 32.1 Å². The van der Waals surface area contributed by atoms with Crippen LogP contribution in [0.1, 0.15) is 57.8 Å². The van der Waals surface area contributed by atoms with Crippen molar-refractivity contribution in [3.63, 3.8) is 0 Å². The molecule has 0 bridgehead atoms. The molecule has 2 fully saturated rings. The number of Topliss-reactive ketones (excluding diaryl/α,β-unsaturated/α-hetero) is 1. The van der Waals surface area contributed by atoms with Gasteiger partial charge in [0.15, 0.2) is 11.5 Å². The predicted octanol–water partition coefficient (Wildman–Crippen LogP) is 4.39. The van der Waals surface area contributed by atoms with Gasteiger partial charge in [0.05, 0.1) is 12.5 Å². The number of hydrogen-bond donors (Lipinski definition) is 0. The van der Waals surface area contributed by atoms with Gasteiger partial charge < -0.3 is 14.4 Å². The van der Waals surface area contributed by atoms with E-state index in [1.54, 1.807) is 0 Å². The Morgan fingerprint density at radius 1 is 1.00 bits per heavy atom. The lowest BCUT2D eigenvalue weighted by Crippen LogP contribution is -2.46. The van der Waals surface area contributed by atoms with Crippen LogP contribution >= 0.6 is 0 Å². The maximum absolute atomic E-state index is 11.5. The number of carbonyl (C=O) groups is 1. The number of ketones is 1. The van der Waals surface area contributed by atoms with Crippen molar-refractivity contribution in [3.05, 3.63) is 18.2 Å². The van der Waals surface area contributed by atoms with Crippen molar-refractivity contribution in [2.45, 2.75) is 57.8 Å². The van der Waals surface area contributed by atoms with Crippen molar-refractivity contribution < 1.29 is 14.3 Å². The van der Waals surface area contributed by atoms with Crippen molar-refractivity contribution in [1.29, 1.82) is 5.26 Å². The lowest BCUT2D eigenvalue weighted by Gasteiger charge is -2.37. The molecule has 0 aromatic heterocycles. The number of hydrogen-bond acceptors (Lipinski definition) is 6. The minimum atomic E-state index is 0.0810. The van der Waals surface area contributed by atoms with Gasteiger partial charge in [0, 0.05) is 44.4 Å². The second-order valence-electron chi connectivity index (χ2n) is 9.31. The molecular weight excluding hydrogens is 390 g/mol. The number of benzene rings is 1. The van der Waals surface area contributed by atoms with Gasteiger partial charge in [0.2, 0.25) is 6.79 Å². The number of carbonyl (C=O) groups excluding carboxylic acids is 1. The number of anilines is 1. The summed E-state index contributed by atoms with van der Waals surface area (Å²) < 4.78 is 10.9. The van der Waals surface area contributed by atoms with Crippen LogP contribution in [0.5, 0.6) is 11.5 Å². The molecule has 0 amide bonds. The molecule has 0 radical (unpaired) electrons. The van der Waals surface area contributed by atoms with Crippen LogP contribution < -0.4 is 14.4 Å². The summed E-state index contributed by atoms with van der Waals surface area (Å²) in [6.07, 6.45) is 9.42. The summed E-state index contributed by atoms with van der Waals surface area (Å²) in [4.78, 5) is 16.5. The Balaban J connectivity index is 1.10. The fourth-order valence-corrected chi connectivity index (χ4v) is 5.25. The quantitative estimate of drug-likeness (QED) is 0.585. The Kier molecular flexibility index (Phi) is 7.69. The normalized spacial score (nSPS) is 23.5. The molecule has 0 N–H and O–H groups in total. The van der Waals surface area contributed by atoms with Crippen molar-refractivity contribution in [1.82, 2.24) is 4.90 Å². The van der Waals surface area contributed by atoms with E-state index in [9.17, 15) is 4.79 Å². The fraction of sp³-hybridized carbons (Fsp3) is 0.680. The van der Waals surface area contributed by atoms with Crippen molar-refractivity contribution in [3.8, 4) is 17.6 Å². The highest BCUT2D eigenvalue weighted by atomic mass is 16.7. The molecule has 1 saturated carbocycles. The maximum atomic E-state index is 11.5. The molecule has 0 atom stereocenters. The van der Waals surface area contributed by atoms with E-state index < -0.39 is 0 Å². The van der Waals surface area contributed by atoms with E-state index in [0.29, 0.717) is 13.2 Å². The van der Waals surface area contributed by atoms with Gasteiger partial charge in [-0.05, 0) is 43.4 Å². The average molecular weight is 426 g/mol. The third-order valence-corrected chi connectivity index (χ3v) is 7.26. The van der Waals surface area contributed by atoms with Crippen LogP contribution in [0.2, 0.25) is 0 Å². The molecule has 0 spiro atoms. The van der Waals surface area contributed by atoms with Gasteiger partial charge >= 0.3 is 0 Å². The van der Waals surface area contributed by atoms with E-state index in [1.807, 2.05) is 12.1 Å². The van der Waals surface area contributed by atoms with Crippen LogP contribution in [0.4, 0.5) is 5.69 Å². The number of fused-ring (bicyclic) bond motifs is 1. The predicted molar refractivity (Wildman–Crippen MR) is 120 cm³/mol. The van der Waals surface area contributed by atoms with Gasteiger partial charge in [-0.15, -0.1) is 0 Å². The zero-order chi connectivity index (χ0) is 21.5. The second-order valence-corrected chi connectivity index (χ2v) is 9.31. The number of ether oxygens (including phenoxy) is 2.